The van der Waals surface area contributed by atoms with E-state index in [0.29, 0.717) is 31.8 Å². The SMILES string of the molecule is CC(C)Cn1cnc2c1C1(CCN(S(=O)(=O)N(C)C)CC1)Oc1ccccc1-2. The van der Waals surface area contributed by atoms with E-state index < -0.39 is 15.8 Å². The van der Waals surface area contributed by atoms with Gasteiger partial charge in [-0.1, -0.05) is 26.0 Å². The van der Waals surface area contributed by atoms with Gasteiger partial charge in [0.05, 0.1) is 17.7 Å². The first-order valence-electron chi connectivity index (χ1n) is 9.76. The smallest absolute Gasteiger partial charge is 0.281 e. The molecule has 2 aliphatic heterocycles. The van der Waals surface area contributed by atoms with Crippen molar-refractivity contribution in [1.82, 2.24) is 18.2 Å². The Balaban J connectivity index is 1.75. The molecule has 2 aromatic rings. The summed E-state index contributed by atoms with van der Waals surface area (Å²) >= 11 is 0. The molecule has 0 bridgehead atoms. The number of nitrogens with zero attached hydrogens (tertiary/aromatic N) is 4. The molecule has 1 aromatic heterocycles. The minimum atomic E-state index is -3.42. The van der Waals surface area contributed by atoms with E-state index in [1.807, 2.05) is 30.6 Å². The molecule has 2 aliphatic rings. The highest BCUT2D eigenvalue weighted by atomic mass is 32.2. The van der Waals surface area contributed by atoms with Crippen LogP contribution in [0.1, 0.15) is 32.4 Å². The van der Waals surface area contributed by atoms with Crippen molar-refractivity contribution < 1.29 is 13.2 Å². The minimum Gasteiger partial charge on any atom is -0.480 e. The van der Waals surface area contributed by atoms with Gasteiger partial charge in [0, 0.05) is 52.1 Å². The van der Waals surface area contributed by atoms with Crippen molar-refractivity contribution in [2.24, 2.45) is 5.92 Å². The van der Waals surface area contributed by atoms with E-state index in [2.05, 4.69) is 18.4 Å². The lowest BCUT2D eigenvalue weighted by molar-refractivity contribution is 0.00539. The van der Waals surface area contributed by atoms with Crippen molar-refractivity contribution in [2.75, 3.05) is 27.2 Å². The zero-order valence-corrected chi connectivity index (χ0v) is 17.7. The fourth-order valence-electron chi connectivity index (χ4n) is 4.25. The Morgan fingerprint density at radius 3 is 2.54 bits per heavy atom. The fourth-order valence-corrected chi connectivity index (χ4v) is 5.35. The molecule has 0 aliphatic carbocycles. The number of ether oxygens (including phenoxy) is 1. The van der Waals surface area contributed by atoms with Gasteiger partial charge in [0.25, 0.3) is 10.2 Å². The first-order chi connectivity index (χ1) is 13.2. The zero-order valence-electron chi connectivity index (χ0n) is 16.9. The van der Waals surface area contributed by atoms with E-state index in [1.165, 1.54) is 4.31 Å². The maximum atomic E-state index is 12.6. The van der Waals surface area contributed by atoms with Crippen LogP contribution in [0.4, 0.5) is 0 Å². The Labute approximate surface area is 167 Å². The number of piperidine rings is 1. The molecule has 0 unspecified atom stereocenters. The lowest BCUT2D eigenvalue weighted by Crippen LogP contribution is -2.52. The molecule has 1 saturated heterocycles. The molecular formula is C20H28N4O3S. The molecule has 1 spiro atoms. The number of imidazole rings is 1. The molecular weight excluding hydrogens is 376 g/mol. The van der Waals surface area contributed by atoms with Crippen molar-refractivity contribution in [3.8, 4) is 17.0 Å². The first-order valence-corrected chi connectivity index (χ1v) is 11.2. The summed E-state index contributed by atoms with van der Waals surface area (Å²) in [6.07, 6.45) is 3.11. The lowest BCUT2D eigenvalue weighted by Gasteiger charge is -2.44. The summed E-state index contributed by atoms with van der Waals surface area (Å²) in [5.74, 6) is 1.30. The predicted molar refractivity (Wildman–Crippen MR) is 108 cm³/mol. The summed E-state index contributed by atoms with van der Waals surface area (Å²) in [6.45, 7) is 6.07. The molecule has 1 aromatic carbocycles. The third kappa shape index (κ3) is 3.03. The van der Waals surface area contributed by atoms with Crippen LogP contribution in [0.2, 0.25) is 0 Å². The molecule has 4 rings (SSSR count). The highest BCUT2D eigenvalue weighted by Gasteiger charge is 2.48. The Bertz CT molecular complexity index is 973. The second-order valence-corrected chi connectivity index (χ2v) is 10.4. The molecule has 1 fully saturated rings. The van der Waals surface area contributed by atoms with Crippen molar-refractivity contribution in [2.45, 2.75) is 38.8 Å². The molecule has 7 nitrogen and oxygen atoms in total. The molecule has 0 N–H and O–H groups in total. The standard InChI is InChI=1S/C20H28N4O3S/c1-15(2)13-23-14-21-18-16-7-5-6-8-17(16)27-20(19(18)23)9-11-24(12-10-20)28(25,26)22(3)4/h5-8,14-15H,9-13H2,1-4H3. The highest BCUT2D eigenvalue weighted by Crippen LogP contribution is 2.49. The summed E-state index contributed by atoms with van der Waals surface area (Å²) in [5, 5.41) is 0. The van der Waals surface area contributed by atoms with Crippen LogP contribution >= 0.6 is 0 Å². The summed E-state index contributed by atoms with van der Waals surface area (Å²) in [6, 6.07) is 7.98. The Morgan fingerprint density at radius 2 is 1.89 bits per heavy atom. The van der Waals surface area contributed by atoms with Gasteiger partial charge < -0.3 is 9.30 Å². The normalized spacial score (nSPS) is 18.9. The van der Waals surface area contributed by atoms with Gasteiger partial charge in [-0.05, 0) is 18.1 Å². The van der Waals surface area contributed by atoms with E-state index in [1.54, 1.807) is 18.4 Å². The summed E-state index contributed by atoms with van der Waals surface area (Å²) in [7, 11) is -0.276. The van der Waals surface area contributed by atoms with E-state index in [0.717, 1.165) is 29.2 Å². The number of rotatable bonds is 4. The molecule has 152 valence electrons. The zero-order chi connectivity index (χ0) is 20.1. The summed E-state index contributed by atoms with van der Waals surface area (Å²) < 4.78 is 36.7. The number of aromatic nitrogens is 2. The largest absolute Gasteiger partial charge is 0.480 e. The van der Waals surface area contributed by atoms with Crippen LogP contribution in [0.5, 0.6) is 5.75 Å². The van der Waals surface area contributed by atoms with Gasteiger partial charge in [0.2, 0.25) is 0 Å². The summed E-state index contributed by atoms with van der Waals surface area (Å²) in [4.78, 5) is 4.74. The maximum absolute atomic E-state index is 12.6. The molecule has 0 atom stereocenters. The number of para-hydroxylation sites is 1. The Kier molecular flexibility index (Phi) is 4.76. The number of hydrogen-bond donors (Lipinski definition) is 0. The van der Waals surface area contributed by atoms with Crippen molar-refractivity contribution >= 4 is 10.2 Å². The average Bonchev–Trinajstić information content (AvgIpc) is 3.06. The van der Waals surface area contributed by atoms with E-state index in [4.69, 9.17) is 9.72 Å². The second-order valence-electron chi connectivity index (χ2n) is 8.27. The molecule has 28 heavy (non-hydrogen) atoms. The van der Waals surface area contributed by atoms with Gasteiger partial charge >= 0.3 is 0 Å². The maximum Gasteiger partial charge on any atom is 0.281 e. The van der Waals surface area contributed by atoms with Crippen LogP contribution in [0.3, 0.4) is 0 Å². The minimum absolute atomic E-state index is 0.426. The second kappa shape index (κ2) is 6.86. The molecule has 8 heteroatoms. The molecule has 0 radical (unpaired) electrons. The van der Waals surface area contributed by atoms with Gasteiger partial charge in [-0.25, -0.2) is 4.98 Å². The van der Waals surface area contributed by atoms with Gasteiger partial charge in [-0.2, -0.15) is 17.0 Å². The van der Waals surface area contributed by atoms with Crippen molar-refractivity contribution in [1.29, 1.82) is 0 Å². The lowest BCUT2D eigenvalue weighted by atomic mass is 9.83. The monoisotopic (exact) mass is 404 g/mol. The molecule has 3 heterocycles. The predicted octanol–water partition coefficient (Wildman–Crippen LogP) is 2.70. The van der Waals surface area contributed by atoms with Crippen LogP contribution in [-0.4, -0.2) is 53.8 Å². The van der Waals surface area contributed by atoms with E-state index >= 15 is 0 Å². The number of benzene rings is 1. The number of fused-ring (bicyclic) bond motifs is 4. The fraction of sp³-hybridized carbons (Fsp3) is 0.550. The van der Waals surface area contributed by atoms with Gasteiger partial charge in [-0.3, -0.25) is 0 Å². The Morgan fingerprint density at radius 1 is 1.21 bits per heavy atom. The van der Waals surface area contributed by atoms with Crippen molar-refractivity contribution in [3.05, 3.63) is 36.3 Å². The molecule has 0 amide bonds. The average molecular weight is 405 g/mol. The van der Waals surface area contributed by atoms with Gasteiger partial charge in [0.1, 0.15) is 5.75 Å². The van der Waals surface area contributed by atoms with Gasteiger partial charge in [-0.15, -0.1) is 0 Å². The topological polar surface area (TPSA) is 67.7 Å². The first kappa shape index (κ1) is 19.4. The summed E-state index contributed by atoms with van der Waals surface area (Å²) in [5.41, 5.74) is 2.51. The van der Waals surface area contributed by atoms with Gasteiger partial charge in [0.15, 0.2) is 5.60 Å². The third-order valence-corrected chi connectivity index (χ3v) is 7.54. The molecule has 0 saturated carbocycles. The van der Waals surface area contributed by atoms with Crippen LogP contribution in [0, 0.1) is 5.92 Å². The van der Waals surface area contributed by atoms with Crippen LogP contribution in [0.25, 0.3) is 11.3 Å². The van der Waals surface area contributed by atoms with Crippen molar-refractivity contribution in [3.63, 3.8) is 0 Å². The quantitative estimate of drug-likeness (QED) is 0.786. The Hall–Kier alpha value is -1.90. The highest BCUT2D eigenvalue weighted by molar-refractivity contribution is 7.86. The van der Waals surface area contributed by atoms with E-state index in [9.17, 15) is 8.42 Å². The van der Waals surface area contributed by atoms with Crippen LogP contribution in [0.15, 0.2) is 30.6 Å². The third-order valence-electron chi connectivity index (χ3n) is 5.60. The number of hydrogen-bond acceptors (Lipinski definition) is 4. The van der Waals surface area contributed by atoms with Crippen LogP contribution < -0.4 is 4.74 Å². The van der Waals surface area contributed by atoms with E-state index in [-0.39, 0.29) is 0 Å². The van der Waals surface area contributed by atoms with Crippen LogP contribution in [-0.2, 0) is 22.4 Å².